The van der Waals surface area contributed by atoms with Gasteiger partial charge in [0.25, 0.3) is 0 Å². The maximum atomic E-state index is 4.96. The molecule has 0 fully saturated rings. The normalized spacial score (nSPS) is 11.0. The molecule has 7 aromatic carbocycles. The summed E-state index contributed by atoms with van der Waals surface area (Å²) >= 11 is 0. The van der Waals surface area contributed by atoms with Gasteiger partial charge >= 0.3 is 0 Å². The Morgan fingerprint density at radius 3 is 1.33 bits per heavy atom. The number of hydrogen-bond donors (Lipinski definition) is 0. The molecule has 0 aliphatic carbocycles. The van der Waals surface area contributed by atoms with E-state index < -0.39 is 0 Å². The second-order valence-corrected chi connectivity index (χ2v) is 12.1. The molecule has 1 aromatic heterocycles. The average molecular weight is 628 g/mol. The first-order valence-electron chi connectivity index (χ1n) is 16.5. The molecule has 0 saturated carbocycles. The van der Waals surface area contributed by atoms with Crippen LogP contribution in [0.15, 0.2) is 182 Å². The summed E-state index contributed by atoms with van der Waals surface area (Å²) in [7, 11) is 0. The van der Waals surface area contributed by atoms with Crippen molar-refractivity contribution < 1.29 is 0 Å². The van der Waals surface area contributed by atoms with Crippen molar-refractivity contribution >= 4 is 21.5 Å². The first-order valence-corrected chi connectivity index (χ1v) is 16.5. The molecule has 0 amide bonds. The zero-order chi connectivity index (χ0) is 33.0. The molecule has 232 valence electrons. The lowest BCUT2D eigenvalue weighted by Crippen LogP contribution is -2.00. The molecule has 0 saturated heterocycles. The number of fused-ring (bicyclic) bond motifs is 3. The van der Waals surface area contributed by atoms with Crippen molar-refractivity contribution in [2.75, 3.05) is 0 Å². The van der Waals surface area contributed by atoms with Crippen molar-refractivity contribution in [3.63, 3.8) is 0 Å². The average Bonchev–Trinajstić information content (AvgIpc) is 3.18. The number of benzene rings is 6. The summed E-state index contributed by atoms with van der Waals surface area (Å²) in [4.78, 5) is 14.8. The van der Waals surface area contributed by atoms with Crippen LogP contribution >= 0.6 is 0 Å². The van der Waals surface area contributed by atoms with E-state index in [1.165, 1.54) is 32.7 Å². The van der Waals surface area contributed by atoms with Gasteiger partial charge in [0.2, 0.25) is 0 Å². The molecule has 0 aliphatic rings. The molecule has 1 heterocycles. The topological polar surface area (TPSA) is 38.7 Å². The van der Waals surface area contributed by atoms with Gasteiger partial charge in [-0.3, -0.25) is 0 Å². The first kappa shape index (κ1) is 29.9. The minimum atomic E-state index is 0.644. The van der Waals surface area contributed by atoms with Gasteiger partial charge in [0.1, 0.15) is 0 Å². The lowest BCUT2D eigenvalue weighted by molar-refractivity contribution is 1.07. The predicted molar refractivity (Wildman–Crippen MR) is 204 cm³/mol. The van der Waals surface area contributed by atoms with Crippen molar-refractivity contribution in [3.8, 4) is 56.4 Å². The summed E-state index contributed by atoms with van der Waals surface area (Å²) in [5.41, 5.74) is 8.65. The van der Waals surface area contributed by atoms with E-state index in [0.29, 0.717) is 17.5 Å². The second-order valence-electron chi connectivity index (χ2n) is 12.1. The zero-order valence-corrected chi connectivity index (χ0v) is 27.2. The minimum Gasteiger partial charge on any atom is -0.208 e. The molecular weight excluding hydrogens is 595 g/mol. The zero-order valence-electron chi connectivity index (χ0n) is 27.2. The molecule has 3 nitrogen and oxygen atoms in total. The van der Waals surface area contributed by atoms with Crippen LogP contribution in [0.3, 0.4) is 0 Å². The van der Waals surface area contributed by atoms with E-state index in [1.54, 1.807) is 0 Å². The lowest BCUT2D eigenvalue weighted by Gasteiger charge is -2.11. The highest BCUT2D eigenvalue weighted by Gasteiger charge is 2.13. The Bertz CT molecular complexity index is 2450. The van der Waals surface area contributed by atoms with Gasteiger partial charge in [-0.1, -0.05) is 164 Å². The largest absolute Gasteiger partial charge is 0.208 e. The number of rotatable bonds is 5. The van der Waals surface area contributed by atoms with E-state index >= 15 is 0 Å². The van der Waals surface area contributed by atoms with Crippen LogP contribution in [0.5, 0.6) is 0 Å². The van der Waals surface area contributed by atoms with Crippen molar-refractivity contribution in [1.29, 1.82) is 0 Å². The molecule has 0 spiro atoms. The van der Waals surface area contributed by atoms with Gasteiger partial charge in [-0.05, 0) is 74.5 Å². The molecular formula is C46H33N3. The number of hydrogen-bond acceptors (Lipinski definition) is 3. The van der Waals surface area contributed by atoms with E-state index in [9.17, 15) is 0 Å². The maximum absolute atomic E-state index is 4.96. The maximum Gasteiger partial charge on any atom is 0.164 e. The minimum absolute atomic E-state index is 0.644. The van der Waals surface area contributed by atoms with E-state index in [0.717, 1.165) is 33.4 Å². The smallest absolute Gasteiger partial charge is 0.164 e. The molecule has 8 aromatic rings. The summed E-state index contributed by atoms with van der Waals surface area (Å²) < 4.78 is 0. The van der Waals surface area contributed by atoms with Gasteiger partial charge in [0.05, 0.1) is 0 Å². The predicted octanol–water partition coefficient (Wildman–Crippen LogP) is 11.9. The Hall–Kier alpha value is -6.45. The van der Waals surface area contributed by atoms with Gasteiger partial charge in [-0.15, -0.1) is 0 Å². The quantitative estimate of drug-likeness (QED) is 0.191. The van der Waals surface area contributed by atoms with Crippen molar-refractivity contribution in [2.24, 2.45) is 0 Å². The molecule has 0 bridgehead atoms. The highest BCUT2D eigenvalue weighted by atomic mass is 15.0. The molecule has 49 heavy (non-hydrogen) atoms. The van der Waals surface area contributed by atoms with Crippen LogP contribution in [0, 0.1) is 6.92 Å². The van der Waals surface area contributed by atoms with E-state index in [2.05, 4.69) is 128 Å². The summed E-state index contributed by atoms with van der Waals surface area (Å²) in [6, 6.07) is 63.5. The van der Waals surface area contributed by atoms with Crippen molar-refractivity contribution in [2.45, 2.75) is 6.92 Å². The van der Waals surface area contributed by atoms with Gasteiger partial charge in [0, 0.05) is 16.7 Å². The lowest BCUT2D eigenvalue weighted by atomic mass is 9.95. The summed E-state index contributed by atoms with van der Waals surface area (Å²) in [5, 5.41) is 4.90. The van der Waals surface area contributed by atoms with E-state index in [1.807, 2.05) is 60.7 Å². The Kier molecular flexibility index (Phi) is 8.15. The fourth-order valence-corrected chi connectivity index (χ4v) is 6.35. The standard InChI is InChI=1S/C46H33N3/c1-32-15-5-2-6-16-33-17-11-12-26-42(33)43-31-39(27-28-41(32)43)37-23-13-22-36(29-37)38-24-14-25-40(30-38)46-48-44(34-18-7-3-8-19-34)47-45(49-46)35-20-9-4-10-21-35/h2-31H,1H3. The Labute approximate surface area is 286 Å². The molecule has 0 unspecified atom stereocenters. The highest BCUT2D eigenvalue weighted by molar-refractivity contribution is 6.07. The van der Waals surface area contributed by atoms with Gasteiger partial charge in [-0.2, -0.15) is 0 Å². The Balaban J connectivity index is 1.23. The van der Waals surface area contributed by atoms with Crippen LogP contribution < -0.4 is 0 Å². The number of nitrogens with zero attached hydrogens (tertiary/aromatic N) is 3. The third-order valence-electron chi connectivity index (χ3n) is 8.89. The van der Waals surface area contributed by atoms with Crippen LogP contribution in [-0.2, 0) is 0 Å². The van der Waals surface area contributed by atoms with Crippen molar-refractivity contribution in [3.05, 3.63) is 188 Å². The number of aryl methyl sites for hydroxylation is 1. The molecule has 3 heteroatoms. The summed E-state index contributed by atoms with van der Waals surface area (Å²) in [5.74, 6) is 1.95. The van der Waals surface area contributed by atoms with Crippen LogP contribution in [-0.4, -0.2) is 15.0 Å². The first-order chi connectivity index (χ1) is 24.2. The van der Waals surface area contributed by atoms with Crippen LogP contribution in [0.4, 0.5) is 0 Å². The summed E-state index contributed by atoms with van der Waals surface area (Å²) in [6.45, 7) is 2.18. The van der Waals surface area contributed by atoms with Crippen LogP contribution in [0.1, 0.15) is 5.56 Å². The van der Waals surface area contributed by atoms with E-state index in [4.69, 9.17) is 15.0 Å². The Morgan fingerprint density at radius 1 is 0.286 bits per heavy atom. The fourth-order valence-electron chi connectivity index (χ4n) is 6.35. The van der Waals surface area contributed by atoms with Crippen LogP contribution in [0.25, 0.3) is 78.0 Å². The van der Waals surface area contributed by atoms with Gasteiger partial charge in [-0.25, -0.2) is 15.0 Å². The van der Waals surface area contributed by atoms with Crippen molar-refractivity contribution in [1.82, 2.24) is 15.0 Å². The third kappa shape index (κ3) is 6.30. The molecule has 0 atom stereocenters. The van der Waals surface area contributed by atoms with Gasteiger partial charge in [0.15, 0.2) is 17.5 Å². The fraction of sp³-hybridized carbons (Fsp3) is 0.0217. The molecule has 8 rings (SSSR count). The molecule has 0 N–H and O–H groups in total. The molecule has 0 aliphatic heterocycles. The van der Waals surface area contributed by atoms with Crippen LogP contribution in [0.2, 0.25) is 0 Å². The third-order valence-corrected chi connectivity index (χ3v) is 8.89. The molecule has 0 radical (unpaired) electrons. The second kappa shape index (κ2) is 13.3. The monoisotopic (exact) mass is 627 g/mol. The Morgan fingerprint density at radius 2 is 0.714 bits per heavy atom. The highest BCUT2D eigenvalue weighted by Crippen LogP contribution is 2.33. The summed E-state index contributed by atoms with van der Waals surface area (Å²) in [6.07, 6.45) is 0. The number of aromatic nitrogens is 3. The van der Waals surface area contributed by atoms with Gasteiger partial charge < -0.3 is 0 Å². The van der Waals surface area contributed by atoms with E-state index in [-0.39, 0.29) is 0 Å². The SMILES string of the molecule is Cc1cccccc2ccccc2c2cc(-c3cccc(-c4cccc(-c5nc(-c6ccccc6)nc(-c6ccccc6)n5)c4)c3)ccc12.